The maximum Gasteiger partial charge on any atom is -0.0103 e. The lowest BCUT2D eigenvalue weighted by Gasteiger charge is -1.99. The molecule has 0 atom stereocenters. The van der Waals surface area contributed by atoms with Crippen molar-refractivity contribution in [3.8, 4) is 0 Å². The molecule has 1 radical (unpaired) electrons. The van der Waals surface area contributed by atoms with Crippen LogP contribution in [0.4, 0.5) is 0 Å². The molecule has 0 nitrogen and oxygen atoms in total. The third-order valence-electron chi connectivity index (χ3n) is 2.08. The second kappa shape index (κ2) is 2.91. The molecule has 0 unspecified atom stereocenters. The molecule has 0 saturated heterocycles. The van der Waals surface area contributed by atoms with Crippen LogP contribution in [0.5, 0.6) is 0 Å². The van der Waals surface area contributed by atoms with E-state index in [-0.39, 0.29) is 0 Å². The SMILES string of the molecule is [c]1cccc2c1C=CCCC2. The number of fused-ring (bicyclic) bond motifs is 1. The predicted octanol–water partition coefficient (Wildman–Crippen LogP) is 2.84. The van der Waals surface area contributed by atoms with E-state index in [9.17, 15) is 0 Å². The second-order valence-corrected chi connectivity index (χ2v) is 2.90. The van der Waals surface area contributed by atoms with Crippen molar-refractivity contribution in [1.29, 1.82) is 0 Å². The Hall–Kier alpha value is -1.04. The third-order valence-corrected chi connectivity index (χ3v) is 2.08. The van der Waals surface area contributed by atoms with Gasteiger partial charge in [-0.15, -0.1) is 0 Å². The molecule has 2 rings (SSSR count). The average Bonchev–Trinajstić information content (AvgIpc) is 2.28. The van der Waals surface area contributed by atoms with Crippen molar-refractivity contribution in [2.45, 2.75) is 19.3 Å². The summed E-state index contributed by atoms with van der Waals surface area (Å²) >= 11 is 0. The molecule has 0 bridgehead atoms. The van der Waals surface area contributed by atoms with E-state index >= 15 is 0 Å². The molecule has 0 fully saturated rings. The van der Waals surface area contributed by atoms with E-state index in [1.807, 2.05) is 6.07 Å². The first-order valence-corrected chi connectivity index (χ1v) is 4.13. The van der Waals surface area contributed by atoms with Gasteiger partial charge in [0.15, 0.2) is 0 Å². The van der Waals surface area contributed by atoms with Crippen LogP contribution in [-0.4, -0.2) is 0 Å². The molecule has 55 valence electrons. The first-order valence-electron chi connectivity index (χ1n) is 4.13. The molecule has 0 N–H and O–H groups in total. The number of aryl methyl sites for hydroxylation is 1. The van der Waals surface area contributed by atoms with Crippen molar-refractivity contribution in [1.82, 2.24) is 0 Å². The maximum atomic E-state index is 3.24. The van der Waals surface area contributed by atoms with Gasteiger partial charge in [-0.05, 0) is 36.5 Å². The smallest absolute Gasteiger partial charge is 0.0103 e. The number of hydrogen-bond donors (Lipinski definition) is 0. The van der Waals surface area contributed by atoms with Crippen LogP contribution < -0.4 is 0 Å². The van der Waals surface area contributed by atoms with Crippen LogP contribution in [0.2, 0.25) is 0 Å². The van der Waals surface area contributed by atoms with Crippen molar-refractivity contribution >= 4 is 6.08 Å². The molecule has 0 saturated carbocycles. The summed E-state index contributed by atoms with van der Waals surface area (Å²) in [4.78, 5) is 0. The van der Waals surface area contributed by atoms with E-state index in [1.165, 1.54) is 30.4 Å². The molecule has 0 amide bonds. The molecule has 0 heterocycles. The first-order chi connectivity index (χ1) is 5.47. The first kappa shape index (κ1) is 6.66. The van der Waals surface area contributed by atoms with E-state index in [0.717, 1.165) is 0 Å². The highest BCUT2D eigenvalue weighted by molar-refractivity contribution is 5.53. The van der Waals surface area contributed by atoms with Crippen LogP contribution in [0.1, 0.15) is 24.0 Å². The van der Waals surface area contributed by atoms with E-state index in [4.69, 9.17) is 0 Å². The number of rotatable bonds is 0. The normalized spacial score (nSPS) is 15.6. The van der Waals surface area contributed by atoms with E-state index in [1.54, 1.807) is 0 Å². The summed E-state index contributed by atoms with van der Waals surface area (Å²) in [6.07, 6.45) is 8.12. The molecule has 1 aliphatic carbocycles. The van der Waals surface area contributed by atoms with E-state index in [2.05, 4.69) is 30.4 Å². The van der Waals surface area contributed by atoms with Crippen LogP contribution in [0.3, 0.4) is 0 Å². The minimum absolute atomic E-state index is 1.21. The largest absolute Gasteiger partial charge is 0.0839 e. The predicted molar refractivity (Wildman–Crippen MR) is 47.3 cm³/mol. The molecule has 0 aliphatic heterocycles. The zero-order valence-electron chi connectivity index (χ0n) is 6.51. The molecule has 1 aromatic carbocycles. The molecule has 0 spiro atoms. The summed E-state index contributed by atoms with van der Waals surface area (Å²) in [5, 5.41) is 0. The number of hydrogen-bond acceptors (Lipinski definition) is 0. The Labute approximate surface area is 67.6 Å². The zero-order valence-corrected chi connectivity index (χ0v) is 6.51. The summed E-state index contributed by atoms with van der Waals surface area (Å²) < 4.78 is 0. The lowest BCUT2D eigenvalue weighted by atomic mass is 10.1. The van der Waals surface area contributed by atoms with Gasteiger partial charge in [0, 0.05) is 0 Å². The average molecular weight is 143 g/mol. The number of allylic oxidation sites excluding steroid dienone is 1. The van der Waals surface area contributed by atoms with Gasteiger partial charge < -0.3 is 0 Å². The van der Waals surface area contributed by atoms with Crippen LogP contribution in [-0.2, 0) is 6.42 Å². The monoisotopic (exact) mass is 143 g/mol. The Bertz CT molecular complexity index is 271. The van der Waals surface area contributed by atoms with Crippen molar-refractivity contribution in [3.63, 3.8) is 0 Å². The van der Waals surface area contributed by atoms with Crippen molar-refractivity contribution in [3.05, 3.63) is 41.5 Å². The summed E-state index contributed by atoms with van der Waals surface area (Å²) in [5.74, 6) is 0. The van der Waals surface area contributed by atoms with Gasteiger partial charge in [-0.2, -0.15) is 0 Å². The third kappa shape index (κ3) is 1.35. The Morgan fingerprint density at radius 1 is 1.36 bits per heavy atom. The molecule has 1 aromatic rings. The fraction of sp³-hybridized carbons (Fsp3) is 0.273. The highest BCUT2D eigenvalue weighted by Gasteiger charge is 2.00. The van der Waals surface area contributed by atoms with Crippen molar-refractivity contribution < 1.29 is 0 Å². The summed E-state index contributed by atoms with van der Waals surface area (Å²) in [6, 6.07) is 9.49. The Balaban J connectivity index is 2.45. The van der Waals surface area contributed by atoms with Crippen LogP contribution >= 0.6 is 0 Å². The quantitative estimate of drug-likeness (QED) is 0.524. The van der Waals surface area contributed by atoms with Gasteiger partial charge in [0.05, 0.1) is 0 Å². The minimum Gasteiger partial charge on any atom is -0.0839 e. The molecular formula is C11H11. The summed E-state index contributed by atoms with van der Waals surface area (Å²) in [5.41, 5.74) is 2.73. The Morgan fingerprint density at radius 2 is 2.36 bits per heavy atom. The van der Waals surface area contributed by atoms with Gasteiger partial charge in [0.1, 0.15) is 0 Å². The van der Waals surface area contributed by atoms with Gasteiger partial charge in [-0.1, -0.05) is 30.4 Å². The molecule has 1 aliphatic rings. The summed E-state index contributed by atoms with van der Waals surface area (Å²) in [6.45, 7) is 0. The Kier molecular flexibility index (Phi) is 1.76. The van der Waals surface area contributed by atoms with Crippen LogP contribution in [0.25, 0.3) is 6.08 Å². The van der Waals surface area contributed by atoms with Crippen LogP contribution in [0.15, 0.2) is 24.3 Å². The van der Waals surface area contributed by atoms with Crippen molar-refractivity contribution in [2.75, 3.05) is 0 Å². The fourth-order valence-corrected chi connectivity index (χ4v) is 1.47. The molecule has 0 heteroatoms. The van der Waals surface area contributed by atoms with Gasteiger partial charge in [-0.25, -0.2) is 0 Å². The van der Waals surface area contributed by atoms with Crippen molar-refractivity contribution in [2.24, 2.45) is 0 Å². The van der Waals surface area contributed by atoms with Gasteiger partial charge in [0.25, 0.3) is 0 Å². The highest BCUT2D eigenvalue weighted by Crippen LogP contribution is 2.17. The van der Waals surface area contributed by atoms with E-state index in [0.29, 0.717) is 0 Å². The van der Waals surface area contributed by atoms with Crippen LogP contribution in [0, 0.1) is 6.07 Å². The molecular weight excluding hydrogens is 132 g/mol. The summed E-state index contributed by atoms with van der Waals surface area (Å²) in [7, 11) is 0. The topological polar surface area (TPSA) is 0 Å². The standard InChI is InChI=1S/C11H11/c1-2-6-10-8-4-5-9-11(10)7-3-1/h2,4-6,9H,1,3,7H2. The maximum absolute atomic E-state index is 3.24. The highest BCUT2D eigenvalue weighted by atomic mass is 14.1. The second-order valence-electron chi connectivity index (χ2n) is 2.90. The van der Waals surface area contributed by atoms with E-state index < -0.39 is 0 Å². The minimum atomic E-state index is 1.21. The van der Waals surface area contributed by atoms with Gasteiger partial charge in [0.2, 0.25) is 0 Å². The molecule has 11 heavy (non-hydrogen) atoms. The van der Waals surface area contributed by atoms with Gasteiger partial charge in [-0.3, -0.25) is 0 Å². The fourth-order valence-electron chi connectivity index (χ4n) is 1.47. The zero-order chi connectivity index (χ0) is 7.52. The van der Waals surface area contributed by atoms with Gasteiger partial charge >= 0.3 is 0 Å². The lowest BCUT2D eigenvalue weighted by molar-refractivity contribution is 0.851. The lowest BCUT2D eigenvalue weighted by Crippen LogP contribution is -1.85. The molecule has 0 aromatic heterocycles. The Morgan fingerprint density at radius 3 is 3.36 bits per heavy atom. The number of benzene rings is 1.